The molecule has 0 unspecified atom stereocenters. The van der Waals surface area contributed by atoms with E-state index in [1.165, 1.54) is 10.9 Å². The molecule has 0 saturated heterocycles. The van der Waals surface area contributed by atoms with Crippen LogP contribution in [0.1, 0.15) is 35.7 Å². The van der Waals surface area contributed by atoms with Gasteiger partial charge >= 0.3 is 5.97 Å². The van der Waals surface area contributed by atoms with Crippen molar-refractivity contribution in [1.29, 1.82) is 0 Å². The van der Waals surface area contributed by atoms with Gasteiger partial charge < -0.3 is 5.11 Å². The number of carboxylic acids is 1. The SMILES string of the molecule is CCc1nn(CC)c(Cn2cc(C(=O)O)nn2)c1Br. The molecule has 8 heteroatoms. The molecule has 0 atom stereocenters. The van der Waals surface area contributed by atoms with Gasteiger partial charge in [-0.15, -0.1) is 5.10 Å². The van der Waals surface area contributed by atoms with E-state index in [0.29, 0.717) is 6.54 Å². The maximum absolute atomic E-state index is 10.8. The Balaban J connectivity index is 2.31. The van der Waals surface area contributed by atoms with E-state index in [4.69, 9.17) is 5.11 Å². The number of carbonyl (C=O) groups is 1. The van der Waals surface area contributed by atoms with Gasteiger partial charge in [0.25, 0.3) is 0 Å². The first-order valence-corrected chi connectivity index (χ1v) is 6.73. The minimum atomic E-state index is -1.08. The van der Waals surface area contributed by atoms with Crippen molar-refractivity contribution in [2.45, 2.75) is 33.4 Å². The molecule has 0 saturated carbocycles. The van der Waals surface area contributed by atoms with Crippen molar-refractivity contribution < 1.29 is 9.90 Å². The predicted molar refractivity (Wildman–Crippen MR) is 71.1 cm³/mol. The van der Waals surface area contributed by atoms with Crippen molar-refractivity contribution in [1.82, 2.24) is 24.8 Å². The molecule has 0 aliphatic heterocycles. The largest absolute Gasteiger partial charge is 0.476 e. The van der Waals surface area contributed by atoms with Crippen LogP contribution in [0.2, 0.25) is 0 Å². The number of aromatic nitrogens is 5. The number of hydrogen-bond donors (Lipinski definition) is 1. The van der Waals surface area contributed by atoms with Crippen LogP contribution in [0, 0.1) is 0 Å². The van der Waals surface area contributed by atoms with E-state index in [1.807, 2.05) is 18.5 Å². The molecule has 2 heterocycles. The molecular formula is C11H14BrN5O2. The highest BCUT2D eigenvalue weighted by atomic mass is 79.9. The van der Waals surface area contributed by atoms with E-state index in [-0.39, 0.29) is 5.69 Å². The summed E-state index contributed by atoms with van der Waals surface area (Å²) >= 11 is 3.54. The van der Waals surface area contributed by atoms with Crippen LogP contribution in [0.25, 0.3) is 0 Å². The summed E-state index contributed by atoms with van der Waals surface area (Å²) in [6.45, 7) is 5.22. The summed E-state index contributed by atoms with van der Waals surface area (Å²) in [5, 5.41) is 20.7. The summed E-state index contributed by atoms with van der Waals surface area (Å²) < 4.78 is 4.33. The van der Waals surface area contributed by atoms with Gasteiger partial charge in [0.15, 0.2) is 5.69 Å². The minimum absolute atomic E-state index is 0.0607. The quantitative estimate of drug-likeness (QED) is 0.900. The molecule has 0 aliphatic rings. The average Bonchev–Trinajstić information content (AvgIpc) is 2.96. The Morgan fingerprint density at radius 3 is 2.74 bits per heavy atom. The van der Waals surface area contributed by atoms with Gasteiger partial charge in [0.05, 0.1) is 28.6 Å². The van der Waals surface area contributed by atoms with Crippen LogP contribution in [0.4, 0.5) is 0 Å². The van der Waals surface area contributed by atoms with E-state index in [0.717, 1.165) is 28.8 Å². The molecule has 19 heavy (non-hydrogen) atoms. The third-order valence-corrected chi connectivity index (χ3v) is 3.68. The summed E-state index contributed by atoms with van der Waals surface area (Å²) in [7, 11) is 0. The number of aromatic carboxylic acids is 1. The van der Waals surface area contributed by atoms with Crippen LogP contribution in [-0.4, -0.2) is 35.9 Å². The Hall–Kier alpha value is -1.70. The van der Waals surface area contributed by atoms with E-state index >= 15 is 0 Å². The molecule has 102 valence electrons. The van der Waals surface area contributed by atoms with Crippen molar-refractivity contribution in [2.24, 2.45) is 0 Å². The van der Waals surface area contributed by atoms with Crippen molar-refractivity contribution >= 4 is 21.9 Å². The highest BCUT2D eigenvalue weighted by molar-refractivity contribution is 9.10. The zero-order chi connectivity index (χ0) is 14.0. The van der Waals surface area contributed by atoms with Crippen LogP contribution in [-0.2, 0) is 19.5 Å². The zero-order valence-corrected chi connectivity index (χ0v) is 12.3. The number of rotatable bonds is 5. The maximum atomic E-state index is 10.8. The lowest BCUT2D eigenvalue weighted by Crippen LogP contribution is -2.09. The second kappa shape index (κ2) is 5.52. The summed E-state index contributed by atoms with van der Waals surface area (Å²) in [6, 6.07) is 0. The molecule has 2 aromatic rings. The van der Waals surface area contributed by atoms with Gasteiger partial charge in [-0.25, -0.2) is 9.48 Å². The third-order valence-electron chi connectivity index (χ3n) is 2.76. The van der Waals surface area contributed by atoms with Crippen molar-refractivity contribution in [2.75, 3.05) is 0 Å². The fourth-order valence-electron chi connectivity index (χ4n) is 1.80. The van der Waals surface area contributed by atoms with Gasteiger partial charge in [0, 0.05) is 6.54 Å². The molecule has 0 radical (unpaired) electrons. The highest BCUT2D eigenvalue weighted by Crippen LogP contribution is 2.23. The summed E-state index contributed by atoms with van der Waals surface area (Å²) in [5.74, 6) is -1.08. The number of carboxylic acid groups (broad SMARTS) is 1. The van der Waals surface area contributed by atoms with Gasteiger partial charge in [-0.05, 0) is 29.3 Å². The maximum Gasteiger partial charge on any atom is 0.358 e. The molecule has 0 fully saturated rings. The Morgan fingerprint density at radius 2 is 2.21 bits per heavy atom. The topological polar surface area (TPSA) is 85.8 Å². The molecule has 0 aromatic carbocycles. The zero-order valence-electron chi connectivity index (χ0n) is 10.7. The van der Waals surface area contributed by atoms with Gasteiger partial charge in [-0.1, -0.05) is 12.1 Å². The number of nitrogens with zero attached hydrogens (tertiary/aromatic N) is 5. The molecule has 0 amide bonds. The lowest BCUT2D eigenvalue weighted by atomic mass is 10.3. The fraction of sp³-hybridized carbons (Fsp3) is 0.455. The second-order valence-electron chi connectivity index (χ2n) is 3.98. The first-order valence-electron chi connectivity index (χ1n) is 5.94. The first kappa shape index (κ1) is 13.7. The average molecular weight is 328 g/mol. The van der Waals surface area contributed by atoms with Crippen LogP contribution < -0.4 is 0 Å². The molecule has 2 rings (SSSR count). The molecule has 2 aromatic heterocycles. The van der Waals surface area contributed by atoms with E-state index in [1.54, 1.807) is 0 Å². The van der Waals surface area contributed by atoms with Crippen LogP contribution >= 0.6 is 15.9 Å². The fourth-order valence-corrected chi connectivity index (χ4v) is 2.49. The number of hydrogen-bond acceptors (Lipinski definition) is 4. The normalized spacial score (nSPS) is 10.9. The molecule has 0 spiro atoms. The Kier molecular flexibility index (Phi) is 3.98. The Labute approximate surface area is 118 Å². The smallest absolute Gasteiger partial charge is 0.358 e. The monoisotopic (exact) mass is 327 g/mol. The van der Waals surface area contributed by atoms with Crippen molar-refractivity contribution in [3.05, 3.63) is 27.8 Å². The number of aryl methyl sites for hydroxylation is 2. The molecule has 0 aliphatic carbocycles. The lowest BCUT2D eigenvalue weighted by molar-refractivity contribution is 0.0690. The van der Waals surface area contributed by atoms with E-state index in [2.05, 4.69) is 31.3 Å². The second-order valence-corrected chi connectivity index (χ2v) is 4.78. The van der Waals surface area contributed by atoms with E-state index < -0.39 is 5.97 Å². The van der Waals surface area contributed by atoms with Crippen LogP contribution in [0.5, 0.6) is 0 Å². The molecular weight excluding hydrogens is 314 g/mol. The van der Waals surface area contributed by atoms with Crippen LogP contribution in [0.3, 0.4) is 0 Å². The highest BCUT2D eigenvalue weighted by Gasteiger charge is 2.16. The van der Waals surface area contributed by atoms with Crippen molar-refractivity contribution in [3.63, 3.8) is 0 Å². The van der Waals surface area contributed by atoms with Crippen LogP contribution in [0.15, 0.2) is 10.7 Å². The lowest BCUT2D eigenvalue weighted by Gasteiger charge is -2.04. The summed E-state index contributed by atoms with van der Waals surface area (Å²) in [4.78, 5) is 10.8. The van der Waals surface area contributed by atoms with E-state index in [9.17, 15) is 4.79 Å². The summed E-state index contributed by atoms with van der Waals surface area (Å²) in [6.07, 6.45) is 2.24. The standard InChI is InChI=1S/C11H14BrN5O2/c1-3-7-10(12)9(17(4-2)14-7)6-16-5-8(11(18)19)13-15-16/h5H,3-4,6H2,1-2H3,(H,18,19). The third kappa shape index (κ3) is 2.67. The van der Waals surface area contributed by atoms with Gasteiger partial charge in [-0.2, -0.15) is 5.10 Å². The Bertz CT molecular complexity index is 604. The van der Waals surface area contributed by atoms with Crippen molar-refractivity contribution in [3.8, 4) is 0 Å². The summed E-state index contributed by atoms with van der Waals surface area (Å²) in [5.41, 5.74) is 1.88. The predicted octanol–water partition coefficient (Wildman–Crippen LogP) is 1.57. The minimum Gasteiger partial charge on any atom is -0.476 e. The van der Waals surface area contributed by atoms with Gasteiger partial charge in [0.1, 0.15) is 0 Å². The molecule has 1 N–H and O–H groups in total. The Morgan fingerprint density at radius 1 is 1.47 bits per heavy atom. The number of halogens is 1. The molecule has 7 nitrogen and oxygen atoms in total. The van der Waals surface area contributed by atoms with Gasteiger partial charge in [0.2, 0.25) is 0 Å². The first-order chi connectivity index (χ1) is 9.06. The molecule has 0 bridgehead atoms. The van der Waals surface area contributed by atoms with Gasteiger partial charge in [-0.3, -0.25) is 4.68 Å².